The summed E-state index contributed by atoms with van der Waals surface area (Å²) in [5.41, 5.74) is -0.708. The first-order valence-electron chi connectivity index (χ1n) is 5.65. The molecule has 0 amide bonds. The molecule has 0 unspecified atom stereocenters. The molecule has 0 radical (unpaired) electrons. The molecule has 5 nitrogen and oxygen atoms in total. The Bertz CT molecular complexity index is 261. The van der Waals surface area contributed by atoms with Gasteiger partial charge in [-0.1, -0.05) is 6.92 Å². The number of fused-ring (bicyclic) bond motifs is 1. The highest BCUT2D eigenvalue weighted by atomic mass is 16.8. The molecular weight excluding hydrogens is 212 g/mol. The molecule has 2 heterocycles. The summed E-state index contributed by atoms with van der Waals surface area (Å²) in [6.07, 6.45) is -0.365. The molecule has 4 atom stereocenters. The molecule has 5 heteroatoms. The standard InChI is InChI=1S/C11H20O5/c1-5-11(6-12)8(13-4)7-9(16-11)15-10(2,3)14-7/h7-9,12H,5-6H2,1-4H3/t7-,8+,9+,11+/m1/s1. The van der Waals surface area contributed by atoms with Gasteiger partial charge in [-0.2, -0.15) is 0 Å². The van der Waals surface area contributed by atoms with Crippen molar-refractivity contribution >= 4 is 0 Å². The van der Waals surface area contributed by atoms with Crippen LogP contribution in [0.3, 0.4) is 0 Å². The highest BCUT2D eigenvalue weighted by Crippen LogP contribution is 2.44. The summed E-state index contributed by atoms with van der Waals surface area (Å²) in [5.74, 6) is -0.651. The number of ether oxygens (including phenoxy) is 4. The smallest absolute Gasteiger partial charge is 0.190 e. The second-order valence-corrected chi connectivity index (χ2v) is 4.82. The van der Waals surface area contributed by atoms with Gasteiger partial charge in [-0.25, -0.2) is 0 Å². The van der Waals surface area contributed by atoms with E-state index in [9.17, 15) is 5.11 Å². The predicted molar refractivity (Wildman–Crippen MR) is 55.8 cm³/mol. The summed E-state index contributed by atoms with van der Waals surface area (Å²) < 4.78 is 22.6. The minimum absolute atomic E-state index is 0.0951. The van der Waals surface area contributed by atoms with Crippen molar-refractivity contribution in [2.24, 2.45) is 0 Å². The third kappa shape index (κ3) is 1.67. The van der Waals surface area contributed by atoms with Crippen LogP contribution in [0.4, 0.5) is 0 Å². The second-order valence-electron chi connectivity index (χ2n) is 4.82. The third-order valence-corrected chi connectivity index (χ3v) is 3.38. The van der Waals surface area contributed by atoms with Crippen molar-refractivity contribution in [1.82, 2.24) is 0 Å². The average molecular weight is 232 g/mol. The largest absolute Gasteiger partial charge is 0.393 e. The molecule has 16 heavy (non-hydrogen) atoms. The van der Waals surface area contributed by atoms with Crippen molar-refractivity contribution in [3.8, 4) is 0 Å². The van der Waals surface area contributed by atoms with Gasteiger partial charge in [0.15, 0.2) is 12.1 Å². The zero-order valence-corrected chi connectivity index (χ0v) is 10.2. The van der Waals surface area contributed by atoms with Crippen LogP contribution in [-0.2, 0) is 18.9 Å². The predicted octanol–water partition coefficient (Wildman–Crippen LogP) is 0.650. The van der Waals surface area contributed by atoms with Crippen LogP contribution in [0.2, 0.25) is 0 Å². The van der Waals surface area contributed by atoms with E-state index >= 15 is 0 Å². The normalized spacial score (nSPS) is 45.9. The summed E-state index contributed by atoms with van der Waals surface area (Å²) in [6.45, 7) is 5.54. The van der Waals surface area contributed by atoms with E-state index in [1.54, 1.807) is 7.11 Å². The first kappa shape index (κ1) is 12.3. The maximum absolute atomic E-state index is 9.49. The summed E-state index contributed by atoms with van der Waals surface area (Å²) in [7, 11) is 1.60. The molecule has 1 N–H and O–H groups in total. The quantitative estimate of drug-likeness (QED) is 0.774. The van der Waals surface area contributed by atoms with Crippen molar-refractivity contribution in [3.05, 3.63) is 0 Å². The minimum Gasteiger partial charge on any atom is -0.393 e. The monoisotopic (exact) mass is 232 g/mol. The molecule has 0 aromatic carbocycles. The Morgan fingerprint density at radius 2 is 1.94 bits per heavy atom. The lowest BCUT2D eigenvalue weighted by molar-refractivity contribution is -0.248. The van der Waals surface area contributed by atoms with Crippen molar-refractivity contribution in [1.29, 1.82) is 0 Å². The zero-order valence-electron chi connectivity index (χ0n) is 10.2. The average Bonchev–Trinajstić information content (AvgIpc) is 2.66. The van der Waals surface area contributed by atoms with Gasteiger partial charge in [0.2, 0.25) is 0 Å². The van der Waals surface area contributed by atoms with Crippen LogP contribution in [-0.4, -0.2) is 48.7 Å². The topological polar surface area (TPSA) is 57.2 Å². The van der Waals surface area contributed by atoms with E-state index in [0.29, 0.717) is 6.42 Å². The van der Waals surface area contributed by atoms with Crippen molar-refractivity contribution in [3.63, 3.8) is 0 Å². The Labute approximate surface area is 95.6 Å². The molecule has 2 rings (SSSR count). The van der Waals surface area contributed by atoms with Gasteiger partial charge in [0.25, 0.3) is 0 Å². The van der Waals surface area contributed by atoms with Crippen LogP contribution in [0.25, 0.3) is 0 Å². The van der Waals surface area contributed by atoms with Crippen LogP contribution in [0.1, 0.15) is 27.2 Å². The molecule has 2 aliphatic heterocycles. The number of methoxy groups -OCH3 is 1. The SMILES string of the molecule is CC[C@@]1(CO)O[C@@H]2OC(C)(C)O[C@@H]2[C@@H]1OC. The molecule has 0 saturated carbocycles. The van der Waals surface area contributed by atoms with Gasteiger partial charge in [-0.3, -0.25) is 0 Å². The maximum Gasteiger partial charge on any atom is 0.190 e. The summed E-state index contributed by atoms with van der Waals surface area (Å²) in [5, 5.41) is 9.49. The van der Waals surface area contributed by atoms with Crippen LogP contribution in [0.15, 0.2) is 0 Å². The highest BCUT2D eigenvalue weighted by Gasteiger charge is 2.61. The molecule has 0 bridgehead atoms. The Morgan fingerprint density at radius 1 is 1.25 bits per heavy atom. The van der Waals surface area contributed by atoms with Crippen molar-refractivity contribution in [2.45, 2.75) is 57.1 Å². The third-order valence-electron chi connectivity index (χ3n) is 3.38. The van der Waals surface area contributed by atoms with Crippen LogP contribution in [0.5, 0.6) is 0 Å². The van der Waals surface area contributed by atoms with E-state index in [1.165, 1.54) is 0 Å². The molecule has 0 aromatic rings. The van der Waals surface area contributed by atoms with E-state index in [-0.39, 0.29) is 18.8 Å². The lowest BCUT2D eigenvalue weighted by Gasteiger charge is -2.33. The number of hydrogen-bond donors (Lipinski definition) is 1. The Morgan fingerprint density at radius 3 is 2.44 bits per heavy atom. The summed E-state index contributed by atoms with van der Waals surface area (Å²) >= 11 is 0. The zero-order chi connectivity index (χ0) is 12.0. The van der Waals surface area contributed by atoms with Gasteiger partial charge in [0, 0.05) is 7.11 Å². The fourth-order valence-corrected chi connectivity index (χ4v) is 2.52. The molecule has 0 spiro atoms. The molecule has 2 saturated heterocycles. The lowest BCUT2D eigenvalue weighted by atomic mass is 9.93. The summed E-state index contributed by atoms with van der Waals surface area (Å²) in [6, 6.07) is 0. The molecule has 94 valence electrons. The van der Waals surface area contributed by atoms with Gasteiger partial charge in [-0.05, 0) is 20.3 Å². The van der Waals surface area contributed by atoms with Crippen LogP contribution in [0, 0.1) is 0 Å². The van der Waals surface area contributed by atoms with Gasteiger partial charge >= 0.3 is 0 Å². The van der Waals surface area contributed by atoms with E-state index in [0.717, 1.165) is 0 Å². The Kier molecular flexibility index (Phi) is 3.01. The first-order valence-corrected chi connectivity index (χ1v) is 5.65. The molecule has 0 aromatic heterocycles. The number of aliphatic hydroxyl groups excluding tert-OH is 1. The molecule has 0 aliphatic carbocycles. The maximum atomic E-state index is 9.49. The van der Waals surface area contributed by atoms with E-state index in [1.807, 2.05) is 20.8 Å². The van der Waals surface area contributed by atoms with E-state index in [4.69, 9.17) is 18.9 Å². The molecule has 2 fully saturated rings. The molecular formula is C11H20O5. The van der Waals surface area contributed by atoms with Crippen molar-refractivity contribution < 1.29 is 24.1 Å². The van der Waals surface area contributed by atoms with Gasteiger partial charge in [0.05, 0.1) is 6.61 Å². The van der Waals surface area contributed by atoms with E-state index < -0.39 is 17.7 Å². The van der Waals surface area contributed by atoms with E-state index in [2.05, 4.69) is 0 Å². The summed E-state index contributed by atoms with van der Waals surface area (Å²) in [4.78, 5) is 0. The van der Waals surface area contributed by atoms with Gasteiger partial charge in [-0.15, -0.1) is 0 Å². The van der Waals surface area contributed by atoms with Crippen LogP contribution >= 0.6 is 0 Å². The number of rotatable bonds is 3. The minimum atomic E-state index is -0.708. The Hall–Kier alpha value is -0.200. The molecule has 2 aliphatic rings. The lowest BCUT2D eigenvalue weighted by Crippen LogP contribution is -2.48. The Balaban J connectivity index is 2.21. The van der Waals surface area contributed by atoms with Crippen molar-refractivity contribution in [2.75, 3.05) is 13.7 Å². The second kappa shape index (κ2) is 3.92. The van der Waals surface area contributed by atoms with Gasteiger partial charge < -0.3 is 24.1 Å². The van der Waals surface area contributed by atoms with Gasteiger partial charge in [0.1, 0.15) is 17.8 Å². The number of hydrogen-bond acceptors (Lipinski definition) is 5. The highest BCUT2D eigenvalue weighted by molar-refractivity contribution is 5.03. The van der Waals surface area contributed by atoms with Crippen LogP contribution < -0.4 is 0 Å². The fourth-order valence-electron chi connectivity index (χ4n) is 2.52. The first-order chi connectivity index (χ1) is 7.48. The number of aliphatic hydroxyl groups is 1. The fraction of sp³-hybridized carbons (Fsp3) is 1.00.